The van der Waals surface area contributed by atoms with Gasteiger partial charge < -0.3 is 10.2 Å². The molecule has 0 unspecified atom stereocenters. The average molecular weight is 497 g/mol. The van der Waals surface area contributed by atoms with Crippen molar-refractivity contribution in [3.05, 3.63) is 58.1 Å². The fourth-order valence-electron chi connectivity index (χ4n) is 3.01. The molecule has 0 atom stereocenters. The summed E-state index contributed by atoms with van der Waals surface area (Å²) in [5, 5.41) is 4.54. The molecule has 1 aromatic carbocycles. The molecule has 0 radical (unpaired) electrons. The molecule has 1 saturated heterocycles. The number of aromatic nitrogens is 1. The summed E-state index contributed by atoms with van der Waals surface area (Å²) in [6, 6.07) is 10.5. The number of halogens is 1. The van der Waals surface area contributed by atoms with Gasteiger partial charge in [-0.3, -0.25) is 9.89 Å². The lowest BCUT2D eigenvalue weighted by Gasteiger charge is -2.36. The highest BCUT2D eigenvalue weighted by Crippen LogP contribution is 2.11. The molecule has 3 rings (SSSR count). The highest BCUT2D eigenvalue weighted by atomic mass is 127. The number of aryl methyl sites for hydroxylation is 1. The minimum Gasteiger partial charge on any atom is -0.350 e. The van der Waals surface area contributed by atoms with Crippen LogP contribution in [-0.4, -0.2) is 60.5 Å². The SMILES string of the molecule is CN=C(NCc1ncc(C)s1)N1CCN(CC=Cc2ccccc2)CC1.I. The van der Waals surface area contributed by atoms with E-state index in [0.29, 0.717) is 0 Å². The highest BCUT2D eigenvalue weighted by molar-refractivity contribution is 14.0. The number of guanidine groups is 1. The zero-order chi connectivity index (χ0) is 18.2. The molecule has 7 heteroatoms. The van der Waals surface area contributed by atoms with Gasteiger partial charge in [-0.15, -0.1) is 35.3 Å². The van der Waals surface area contributed by atoms with Crippen LogP contribution in [0.15, 0.2) is 47.6 Å². The quantitative estimate of drug-likeness (QED) is 0.391. The number of nitrogens with one attached hydrogen (secondary N) is 1. The third kappa shape index (κ3) is 6.90. The van der Waals surface area contributed by atoms with Gasteiger partial charge in [-0.2, -0.15) is 0 Å². The van der Waals surface area contributed by atoms with Crippen LogP contribution in [0.5, 0.6) is 0 Å². The number of hydrogen-bond donors (Lipinski definition) is 1. The van der Waals surface area contributed by atoms with Crippen molar-refractivity contribution in [3.63, 3.8) is 0 Å². The zero-order valence-electron chi connectivity index (χ0n) is 16.0. The second-order valence-electron chi connectivity index (χ2n) is 6.37. The number of piperazine rings is 1. The lowest BCUT2D eigenvalue weighted by molar-refractivity contribution is 0.194. The first-order valence-electron chi connectivity index (χ1n) is 9.05. The largest absolute Gasteiger partial charge is 0.350 e. The second kappa shape index (κ2) is 11.4. The van der Waals surface area contributed by atoms with Crippen molar-refractivity contribution in [2.45, 2.75) is 13.5 Å². The predicted molar refractivity (Wildman–Crippen MR) is 126 cm³/mol. The molecule has 0 saturated carbocycles. The summed E-state index contributed by atoms with van der Waals surface area (Å²) < 4.78 is 0. The van der Waals surface area contributed by atoms with Crippen molar-refractivity contribution in [2.75, 3.05) is 39.8 Å². The Hall–Kier alpha value is -1.45. The molecular weight excluding hydrogens is 469 g/mol. The van der Waals surface area contributed by atoms with Crippen LogP contribution in [0.2, 0.25) is 0 Å². The monoisotopic (exact) mass is 497 g/mol. The molecule has 1 N–H and O–H groups in total. The Morgan fingerprint density at radius 1 is 1.22 bits per heavy atom. The molecule has 0 amide bonds. The number of thiazole rings is 1. The summed E-state index contributed by atoms with van der Waals surface area (Å²) in [7, 11) is 1.85. The molecule has 5 nitrogen and oxygen atoms in total. The standard InChI is InChI=1S/C20H27N5S.HI/c1-17-15-22-19(26-17)16-23-20(21-2)25-13-11-24(12-14-25)10-6-9-18-7-4-3-5-8-18;/h3-9,15H,10-14,16H2,1-2H3,(H,21,23);1H. The van der Waals surface area contributed by atoms with Crippen molar-refractivity contribution < 1.29 is 0 Å². The van der Waals surface area contributed by atoms with Crippen molar-refractivity contribution in [2.24, 2.45) is 4.99 Å². The van der Waals surface area contributed by atoms with E-state index in [1.165, 1.54) is 10.4 Å². The van der Waals surface area contributed by atoms with Crippen LogP contribution in [-0.2, 0) is 6.54 Å². The maximum Gasteiger partial charge on any atom is 0.194 e. The van der Waals surface area contributed by atoms with Crippen LogP contribution < -0.4 is 5.32 Å². The molecule has 2 heterocycles. The van der Waals surface area contributed by atoms with Crippen LogP contribution in [0, 0.1) is 6.92 Å². The zero-order valence-corrected chi connectivity index (χ0v) is 19.1. The molecule has 0 bridgehead atoms. The minimum atomic E-state index is 0. The molecule has 1 aliphatic heterocycles. The van der Waals surface area contributed by atoms with Crippen molar-refractivity contribution >= 4 is 47.3 Å². The van der Waals surface area contributed by atoms with E-state index in [4.69, 9.17) is 0 Å². The van der Waals surface area contributed by atoms with Crippen molar-refractivity contribution in [1.82, 2.24) is 20.1 Å². The van der Waals surface area contributed by atoms with Gasteiger partial charge in [-0.05, 0) is 12.5 Å². The van der Waals surface area contributed by atoms with Gasteiger partial charge in [0.25, 0.3) is 0 Å². The minimum absolute atomic E-state index is 0. The first-order chi connectivity index (χ1) is 12.7. The van der Waals surface area contributed by atoms with Gasteiger partial charge in [0.2, 0.25) is 0 Å². The van der Waals surface area contributed by atoms with Gasteiger partial charge in [-0.25, -0.2) is 4.98 Å². The normalized spacial score (nSPS) is 15.8. The molecule has 2 aromatic rings. The Labute approximate surface area is 183 Å². The number of aliphatic imine (C=N–C) groups is 1. The molecule has 1 aromatic heterocycles. The summed E-state index contributed by atoms with van der Waals surface area (Å²) in [5.41, 5.74) is 1.26. The van der Waals surface area contributed by atoms with E-state index in [1.54, 1.807) is 11.3 Å². The number of rotatable bonds is 5. The maximum absolute atomic E-state index is 4.44. The van der Waals surface area contributed by atoms with Crippen LogP contribution >= 0.6 is 35.3 Å². The molecule has 146 valence electrons. The van der Waals surface area contributed by atoms with E-state index in [2.05, 4.69) is 68.4 Å². The van der Waals surface area contributed by atoms with E-state index in [1.807, 2.05) is 19.3 Å². The predicted octanol–water partition coefficient (Wildman–Crippen LogP) is 3.48. The van der Waals surface area contributed by atoms with E-state index >= 15 is 0 Å². The maximum atomic E-state index is 4.44. The number of nitrogens with zero attached hydrogens (tertiary/aromatic N) is 4. The Balaban J connectivity index is 0.00000261. The van der Waals surface area contributed by atoms with Crippen LogP contribution in [0.1, 0.15) is 15.4 Å². The molecule has 27 heavy (non-hydrogen) atoms. The topological polar surface area (TPSA) is 43.8 Å². The number of hydrogen-bond acceptors (Lipinski definition) is 4. The third-order valence-electron chi connectivity index (χ3n) is 4.42. The lowest BCUT2D eigenvalue weighted by Crippen LogP contribution is -2.52. The van der Waals surface area contributed by atoms with E-state index in [-0.39, 0.29) is 24.0 Å². The Morgan fingerprint density at radius 3 is 2.59 bits per heavy atom. The van der Waals surface area contributed by atoms with Crippen LogP contribution in [0.4, 0.5) is 0 Å². The molecule has 0 aliphatic carbocycles. The summed E-state index contributed by atoms with van der Waals surface area (Å²) in [6.45, 7) is 7.91. The fourth-order valence-corrected chi connectivity index (χ4v) is 3.74. The first-order valence-corrected chi connectivity index (χ1v) is 9.87. The van der Waals surface area contributed by atoms with Crippen LogP contribution in [0.3, 0.4) is 0 Å². The number of benzene rings is 1. The highest BCUT2D eigenvalue weighted by Gasteiger charge is 2.18. The second-order valence-corrected chi connectivity index (χ2v) is 7.69. The molecule has 1 aliphatic rings. The van der Waals surface area contributed by atoms with Gasteiger partial charge >= 0.3 is 0 Å². The summed E-state index contributed by atoms with van der Waals surface area (Å²) in [5.74, 6) is 0.970. The Bertz CT molecular complexity index is 736. The molecule has 0 spiro atoms. The summed E-state index contributed by atoms with van der Waals surface area (Å²) in [6.07, 6.45) is 6.37. The van der Waals surface area contributed by atoms with Crippen molar-refractivity contribution in [1.29, 1.82) is 0 Å². The van der Waals surface area contributed by atoms with E-state index < -0.39 is 0 Å². The smallest absolute Gasteiger partial charge is 0.194 e. The molecular formula is C20H28IN5S. The summed E-state index contributed by atoms with van der Waals surface area (Å²) >= 11 is 1.73. The van der Waals surface area contributed by atoms with Gasteiger partial charge in [0.1, 0.15) is 5.01 Å². The van der Waals surface area contributed by atoms with E-state index in [0.717, 1.165) is 50.2 Å². The lowest BCUT2D eigenvalue weighted by atomic mass is 10.2. The fraction of sp³-hybridized carbons (Fsp3) is 0.400. The van der Waals surface area contributed by atoms with Gasteiger partial charge in [0.15, 0.2) is 5.96 Å². The molecule has 1 fully saturated rings. The Kier molecular flexibility index (Phi) is 9.23. The van der Waals surface area contributed by atoms with Gasteiger partial charge in [-0.1, -0.05) is 42.5 Å². The van der Waals surface area contributed by atoms with Gasteiger partial charge in [0, 0.05) is 50.8 Å². The summed E-state index contributed by atoms with van der Waals surface area (Å²) in [4.78, 5) is 14.9. The Morgan fingerprint density at radius 2 is 1.96 bits per heavy atom. The first kappa shape index (κ1) is 21.8. The van der Waals surface area contributed by atoms with E-state index in [9.17, 15) is 0 Å². The average Bonchev–Trinajstić information content (AvgIpc) is 3.09. The van der Waals surface area contributed by atoms with Crippen molar-refractivity contribution in [3.8, 4) is 0 Å². The van der Waals surface area contributed by atoms with Gasteiger partial charge in [0.05, 0.1) is 6.54 Å². The van der Waals surface area contributed by atoms with Crippen LogP contribution in [0.25, 0.3) is 6.08 Å². The third-order valence-corrected chi connectivity index (χ3v) is 5.34.